The summed E-state index contributed by atoms with van der Waals surface area (Å²) >= 11 is 0. The maximum absolute atomic E-state index is 11.9. The van der Waals surface area contributed by atoms with Crippen molar-refractivity contribution in [3.63, 3.8) is 0 Å². The van der Waals surface area contributed by atoms with E-state index < -0.39 is 5.97 Å². The molecular weight excluding hydrogens is 244 g/mol. The molecule has 0 aliphatic heterocycles. The van der Waals surface area contributed by atoms with Crippen LogP contribution in [0.25, 0.3) is 0 Å². The summed E-state index contributed by atoms with van der Waals surface area (Å²) in [5, 5.41) is 11.8. The van der Waals surface area contributed by atoms with Crippen LogP contribution < -0.4 is 5.32 Å². The zero-order chi connectivity index (χ0) is 14.3. The zero-order valence-corrected chi connectivity index (χ0v) is 12.0. The second-order valence-corrected chi connectivity index (χ2v) is 5.82. The minimum atomic E-state index is -0.815. The fraction of sp³-hybridized carbons (Fsp3) is 0.857. The molecular formula is C14H26N2O3. The quantitative estimate of drug-likeness (QED) is 0.701. The number of carboxylic acid groups (broad SMARTS) is 1. The van der Waals surface area contributed by atoms with Crippen molar-refractivity contribution in [3.05, 3.63) is 0 Å². The molecule has 0 aromatic carbocycles. The van der Waals surface area contributed by atoms with Crippen LogP contribution in [-0.4, -0.2) is 47.6 Å². The standard InChI is InChI=1S/C14H26N2O3/c1-11(2)9-16(8-7-14(18)19)10-13(17)15-12-5-3-4-6-12/h11-12H,3-10H2,1-2H3,(H,15,17)(H,18,19). The number of carbonyl (C=O) groups excluding carboxylic acids is 1. The molecule has 5 nitrogen and oxygen atoms in total. The number of nitrogens with one attached hydrogen (secondary N) is 1. The Hall–Kier alpha value is -1.10. The van der Waals surface area contributed by atoms with E-state index in [1.165, 1.54) is 12.8 Å². The lowest BCUT2D eigenvalue weighted by Gasteiger charge is -2.24. The van der Waals surface area contributed by atoms with Gasteiger partial charge >= 0.3 is 5.97 Å². The number of amides is 1. The molecule has 0 bridgehead atoms. The molecule has 0 unspecified atom stereocenters. The predicted molar refractivity (Wildman–Crippen MR) is 73.9 cm³/mol. The van der Waals surface area contributed by atoms with Crippen LogP contribution in [0, 0.1) is 5.92 Å². The molecule has 1 rings (SSSR count). The lowest BCUT2D eigenvalue weighted by molar-refractivity contribution is -0.137. The van der Waals surface area contributed by atoms with Gasteiger partial charge in [0.1, 0.15) is 0 Å². The van der Waals surface area contributed by atoms with Crippen molar-refractivity contribution in [1.82, 2.24) is 10.2 Å². The Morgan fingerprint density at radius 1 is 1.32 bits per heavy atom. The highest BCUT2D eigenvalue weighted by molar-refractivity contribution is 5.78. The molecule has 5 heteroatoms. The second-order valence-electron chi connectivity index (χ2n) is 5.82. The number of hydrogen-bond acceptors (Lipinski definition) is 3. The van der Waals surface area contributed by atoms with E-state index in [9.17, 15) is 9.59 Å². The van der Waals surface area contributed by atoms with E-state index in [-0.39, 0.29) is 12.3 Å². The lowest BCUT2D eigenvalue weighted by Crippen LogP contribution is -2.42. The number of rotatable bonds is 8. The molecule has 0 aromatic rings. The average Bonchev–Trinajstić information content (AvgIpc) is 2.77. The zero-order valence-electron chi connectivity index (χ0n) is 12.0. The Balaban J connectivity index is 2.36. The molecule has 0 saturated heterocycles. The first kappa shape index (κ1) is 16.0. The van der Waals surface area contributed by atoms with Crippen LogP contribution in [0.1, 0.15) is 46.0 Å². The average molecular weight is 270 g/mol. The first-order chi connectivity index (χ1) is 8.97. The van der Waals surface area contributed by atoms with Crippen molar-refractivity contribution in [2.24, 2.45) is 5.92 Å². The fourth-order valence-electron chi connectivity index (χ4n) is 2.55. The van der Waals surface area contributed by atoms with Gasteiger partial charge in [0, 0.05) is 19.1 Å². The van der Waals surface area contributed by atoms with E-state index in [1.54, 1.807) is 0 Å². The number of carbonyl (C=O) groups is 2. The normalized spacial score (nSPS) is 16.2. The molecule has 0 spiro atoms. The number of aliphatic carboxylic acids is 1. The smallest absolute Gasteiger partial charge is 0.304 e. The van der Waals surface area contributed by atoms with Crippen LogP contribution in [-0.2, 0) is 9.59 Å². The molecule has 2 N–H and O–H groups in total. The van der Waals surface area contributed by atoms with E-state index in [0.717, 1.165) is 19.4 Å². The Bertz CT molecular complexity index is 299. The van der Waals surface area contributed by atoms with E-state index in [4.69, 9.17) is 5.11 Å². The number of nitrogens with zero attached hydrogens (tertiary/aromatic N) is 1. The monoisotopic (exact) mass is 270 g/mol. The molecule has 1 saturated carbocycles. The van der Waals surface area contributed by atoms with Crippen molar-refractivity contribution in [1.29, 1.82) is 0 Å². The van der Waals surface area contributed by atoms with Gasteiger partial charge in [-0.25, -0.2) is 0 Å². The minimum absolute atomic E-state index is 0.0259. The summed E-state index contributed by atoms with van der Waals surface area (Å²) in [4.78, 5) is 24.5. The van der Waals surface area contributed by atoms with Crippen LogP contribution in [0.3, 0.4) is 0 Å². The van der Waals surface area contributed by atoms with Gasteiger partial charge < -0.3 is 10.4 Å². The summed E-state index contributed by atoms with van der Waals surface area (Å²) < 4.78 is 0. The largest absolute Gasteiger partial charge is 0.481 e. The molecule has 1 fully saturated rings. The molecule has 0 heterocycles. The van der Waals surface area contributed by atoms with Crippen molar-refractivity contribution in [2.45, 2.75) is 52.0 Å². The van der Waals surface area contributed by atoms with Crippen LogP contribution >= 0.6 is 0 Å². The Kier molecular flexibility index (Phi) is 6.84. The van der Waals surface area contributed by atoms with Crippen LogP contribution in [0.5, 0.6) is 0 Å². The summed E-state index contributed by atoms with van der Waals surface area (Å²) in [6, 6.07) is 0.327. The minimum Gasteiger partial charge on any atom is -0.481 e. The summed E-state index contributed by atoms with van der Waals surface area (Å²) in [5.41, 5.74) is 0. The molecule has 1 amide bonds. The highest BCUT2D eigenvalue weighted by Crippen LogP contribution is 2.17. The Morgan fingerprint density at radius 2 is 1.95 bits per heavy atom. The maximum Gasteiger partial charge on any atom is 0.304 e. The highest BCUT2D eigenvalue weighted by Gasteiger charge is 2.19. The lowest BCUT2D eigenvalue weighted by atomic mass is 10.2. The van der Waals surface area contributed by atoms with Gasteiger partial charge in [-0.1, -0.05) is 26.7 Å². The Morgan fingerprint density at radius 3 is 2.47 bits per heavy atom. The van der Waals surface area contributed by atoms with Crippen LogP contribution in [0.4, 0.5) is 0 Å². The van der Waals surface area contributed by atoms with Crippen molar-refractivity contribution >= 4 is 11.9 Å². The predicted octanol–water partition coefficient (Wildman–Crippen LogP) is 1.48. The maximum atomic E-state index is 11.9. The van der Waals surface area contributed by atoms with Gasteiger partial charge in [0.05, 0.1) is 13.0 Å². The second kappa shape index (κ2) is 8.15. The topological polar surface area (TPSA) is 69.6 Å². The van der Waals surface area contributed by atoms with Gasteiger partial charge in [-0.05, 0) is 18.8 Å². The third-order valence-electron chi connectivity index (χ3n) is 3.35. The van der Waals surface area contributed by atoms with Gasteiger partial charge in [0.2, 0.25) is 5.91 Å². The van der Waals surface area contributed by atoms with Gasteiger partial charge in [-0.3, -0.25) is 14.5 Å². The SMILES string of the molecule is CC(C)CN(CCC(=O)O)CC(=O)NC1CCCC1. The van der Waals surface area contributed by atoms with Crippen LogP contribution in [0.2, 0.25) is 0 Å². The molecule has 1 aliphatic carbocycles. The van der Waals surface area contributed by atoms with Gasteiger partial charge in [-0.2, -0.15) is 0 Å². The van der Waals surface area contributed by atoms with E-state index >= 15 is 0 Å². The first-order valence-corrected chi connectivity index (χ1v) is 7.21. The molecule has 1 aliphatic rings. The molecule has 0 aromatic heterocycles. The van der Waals surface area contributed by atoms with Gasteiger partial charge in [0.25, 0.3) is 0 Å². The number of carboxylic acids is 1. The molecule has 110 valence electrons. The fourth-order valence-corrected chi connectivity index (χ4v) is 2.55. The van der Waals surface area contributed by atoms with Crippen molar-refractivity contribution in [2.75, 3.05) is 19.6 Å². The highest BCUT2D eigenvalue weighted by atomic mass is 16.4. The van der Waals surface area contributed by atoms with Crippen LogP contribution in [0.15, 0.2) is 0 Å². The Labute approximate surface area is 115 Å². The third-order valence-corrected chi connectivity index (χ3v) is 3.35. The van der Waals surface area contributed by atoms with Gasteiger partial charge in [-0.15, -0.1) is 0 Å². The van der Waals surface area contributed by atoms with Crippen molar-refractivity contribution < 1.29 is 14.7 Å². The third kappa shape index (κ3) is 7.15. The summed E-state index contributed by atoms with van der Waals surface area (Å²) in [6.45, 7) is 5.64. The van der Waals surface area contributed by atoms with E-state index in [1.807, 2.05) is 4.90 Å². The summed E-state index contributed by atoms with van der Waals surface area (Å²) in [6.07, 6.45) is 4.62. The first-order valence-electron chi connectivity index (χ1n) is 7.21. The molecule has 0 radical (unpaired) electrons. The summed E-state index contributed by atoms with van der Waals surface area (Å²) in [5.74, 6) is -0.365. The number of hydrogen-bond donors (Lipinski definition) is 2. The van der Waals surface area contributed by atoms with E-state index in [0.29, 0.717) is 25.0 Å². The molecule has 19 heavy (non-hydrogen) atoms. The molecule has 0 atom stereocenters. The summed E-state index contributed by atoms with van der Waals surface area (Å²) in [7, 11) is 0. The van der Waals surface area contributed by atoms with Gasteiger partial charge in [0.15, 0.2) is 0 Å². The van der Waals surface area contributed by atoms with E-state index in [2.05, 4.69) is 19.2 Å². The van der Waals surface area contributed by atoms with Crippen molar-refractivity contribution in [3.8, 4) is 0 Å².